The van der Waals surface area contributed by atoms with Gasteiger partial charge in [-0.15, -0.1) is 0 Å². The Labute approximate surface area is 63.9 Å². The van der Waals surface area contributed by atoms with E-state index in [2.05, 4.69) is 9.47 Å². The first-order valence-electron chi connectivity index (χ1n) is 3.17. The van der Waals surface area contributed by atoms with Crippen LogP contribution in [0.5, 0.6) is 0 Å². The highest BCUT2D eigenvalue weighted by molar-refractivity contribution is 6.29. The number of hydrogen-bond acceptors (Lipinski definition) is 5. The number of esters is 2. The maximum absolute atomic E-state index is 10.5. The van der Waals surface area contributed by atoms with E-state index >= 15 is 0 Å². The molecule has 64 valence electrons. The lowest BCUT2D eigenvalue weighted by Crippen LogP contribution is -2.20. The van der Waals surface area contributed by atoms with Crippen molar-refractivity contribution in [3.05, 3.63) is 0 Å². The molecule has 0 spiro atoms. The monoisotopic (exact) mass is 162 g/mol. The molecule has 0 saturated heterocycles. The molecule has 5 heteroatoms. The molecule has 0 atom stereocenters. The summed E-state index contributed by atoms with van der Waals surface area (Å²) in [7, 11) is 0. The maximum atomic E-state index is 10.5. The van der Waals surface area contributed by atoms with Gasteiger partial charge in [-0.3, -0.25) is 0 Å². The van der Waals surface area contributed by atoms with Crippen LogP contribution in [0.15, 0.2) is 0 Å². The molecule has 0 aliphatic heterocycles. The Bertz CT molecular complexity index is 142. The van der Waals surface area contributed by atoms with Crippen LogP contribution in [0.1, 0.15) is 13.3 Å². The van der Waals surface area contributed by atoms with Crippen LogP contribution in [-0.2, 0) is 19.1 Å². The van der Waals surface area contributed by atoms with Gasteiger partial charge in [-0.05, 0) is 6.42 Å². The Balaban J connectivity index is 3.56. The number of carbonyl (C=O) groups is 2. The fourth-order valence-corrected chi connectivity index (χ4v) is 0.371. The average molecular weight is 162 g/mol. The van der Waals surface area contributed by atoms with Crippen molar-refractivity contribution in [2.45, 2.75) is 13.3 Å². The minimum atomic E-state index is -1.17. The van der Waals surface area contributed by atoms with Gasteiger partial charge in [0.15, 0.2) is 6.79 Å². The van der Waals surface area contributed by atoms with Crippen molar-refractivity contribution in [2.24, 2.45) is 0 Å². The molecule has 0 aromatic carbocycles. The zero-order chi connectivity index (χ0) is 8.69. The number of rotatable bonds is 3. The normalized spacial score (nSPS) is 8.91. The van der Waals surface area contributed by atoms with E-state index in [0.717, 1.165) is 0 Å². The van der Waals surface area contributed by atoms with Crippen molar-refractivity contribution >= 4 is 11.9 Å². The molecule has 1 N–H and O–H groups in total. The molecule has 0 rings (SSSR count). The second-order valence-corrected chi connectivity index (χ2v) is 1.70. The fourth-order valence-electron chi connectivity index (χ4n) is 0.371. The number of aliphatic hydroxyl groups excluding tert-OH is 1. The average Bonchev–Trinajstić information content (AvgIpc) is 2.00. The van der Waals surface area contributed by atoms with Gasteiger partial charge in [0.25, 0.3) is 0 Å². The first kappa shape index (κ1) is 9.90. The number of ether oxygens (including phenoxy) is 2. The molecule has 0 aliphatic rings. The van der Waals surface area contributed by atoms with Gasteiger partial charge in [0.1, 0.15) is 0 Å². The fraction of sp³-hybridized carbons (Fsp3) is 0.667. The third-order valence-corrected chi connectivity index (χ3v) is 0.800. The van der Waals surface area contributed by atoms with Crippen molar-refractivity contribution in [3.63, 3.8) is 0 Å². The highest BCUT2D eigenvalue weighted by Gasteiger charge is 2.15. The van der Waals surface area contributed by atoms with Gasteiger partial charge in [0, 0.05) is 0 Å². The SMILES string of the molecule is CCCOC(=O)C(=O)OCO. The number of hydrogen-bond donors (Lipinski definition) is 1. The Morgan fingerprint density at radius 2 is 1.82 bits per heavy atom. The highest BCUT2D eigenvalue weighted by Crippen LogP contribution is 1.85. The largest absolute Gasteiger partial charge is 0.457 e. The summed E-state index contributed by atoms with van der Waals surface area (Å²) in [5.41, 5.74) is 0. The summed E-state index contributed by atoms with van der Waals surface area (Å²) in [6, 6.07) is 0. The Hall–Kier alpha value is -1.10. The lowest BCUT2D eigenvalue weighted by molar-refractivity contribution is -0.172. The van der Waals surface area contributed by atoms with E-state index in [9.17, 15) is 9.59 Å². The molecule has 0 aromatic heterocycles. The lowest BCUT2D eigenvalue weighted by atomic mass is 10.5. The molecule has 0 aromatic rings. The molecule has 0 amide bonds. The Morgan fingerprint density at radius 3 is 2.27 bits per heavy atom. The van der Waals surface area contributed by atoms with Crippen molar-refractivity contribution in [3.8, 4) is 0 Å². The molecular weight excluding hydrogens is 152 g/mol. The molecular formula is C6H10O5. The van der Waals surface area contributed by atoms with E-state index in [4.69, 9.17) is 5.11 Å². The standard InChI is InChI=1S/C6H10O5/c1-2-3-10-5(8)6(9)11-4-7/h7H,2-4H2,1H3. The van der Waals surface area contributed by atoms with Crippen LogP contribution in [0.3, 0.4) is 0 Å². The van der Waals surface area contributed by atoms with Crippen LogP contribution >= 0.6 is 0 Å². The molecule has 0 heterocycles. The van der Waals surface area contributed by atoms with Gasteiger partial charge in [-0.25, -0.2) is 9.59 Å². The summed E-state index contributed by atoms with van der Waals surface area (Å²) in [6.45, 7) is 1.17. The van der Waals surface area contributed by atoms with Crippen molar-refractivity contribution in [1.29, 1.82) is 0 Å². The third-order valence-electron chi connectivity index (χ3n) is 0.800. The van der Waals surface area contributed by atoms with Crippen LogP contribution in [-0.4, -0.2) is 30.4 Å². The van der Waals surface area contributed by atoms with Gasteiger partial charge in [-0.1, -0.05) is 6.92 Å². The number of aliphatic hydroxyl groups is 1. The minimum absolute atomic E-state index is 0.180. The zero-order valence-corrected chi connectivity index (χ0v) is 6.20. The van der Waals surface area contributed by atoms with Crippen molar-refractivity contribution in [1.82, 2.24) is 0 Å². The molecule has 0 bridgehead atoms. The molecule has 0 fully saturated rings. The van der Waals surface area contributed by atoms with Crippen LogP contribution in [0.4, 0.5) is 0 Å². The molecule has 0 radical (unpaired) electrons. The summed E-state index contributed by atoms with van der Waals surface area (Å²) < 4.78 is 8.32. The van der Waals surface area contributed by atoms with Crippen LogP contribution in [0.25, 0.3) is 0 Å². The summed E-state index contributed by atoms with van der Waals surface area (Å²) in [5.74, 6) is -2.23. The first-order valence-corrected chi connectivity index (χ1v) is 3.17. The van der Waals surface area contributed by atoms with Crippen molar-refractivity contribution < 1.29 is 24.2 Å². The first-order chi connectivity index (χ1) is 5.22. The summed E-state index contributed by atoms with van der Waals surface area (Å²) in [4.78, 5) is 20.9. The predicted octanol–water partition coefficient (Wildman–Crippen LogP) is -0.567. The topological polar surface area (TPSA) is 72.8 Å². The van der Waals surface area contributed by atoms with Gasteiger partial charge < -0.3 is 14.6 Å². The van der Waals surface area contributed by atoms with Crippen LogP contribution in [0.2, 0.25) is 0 Å². The maximum Gasteiger partial charge on any atom is 0.419 e. The quantitative estimate of drug-likeness (QED) is 0.342. The van der Waals surface area contributed by atoms with Crippen molar-refractivity contribution in [2.75, 3.05) is 13.4 Å². The molecule has 0 saturated carbocycles. The lowest BCUT2D eigenvalue weighted by Gasteiger charge is -2.00. The number of carbonyl (C=O) groups excluding carboxylic acids is 2. The smallest absolute Gasteiger partial charge is 0.419 e. The molecule has 11 heavy (non-hydrogen) atoms. The van der Waals surface area contributed by atoms with Gasteiger partial charge >= 0.3 is 11.9 Å². The predicted molar refractivity (Wildman–Crippen MR) is 34.4 cm³/mol. The van der Waals surface area contributed by atoms with Gasteiger partial charge in [-0.2, -0.15) is 0 Å². The second-order valence-electron chi connectivity index (χ2n) is 1.70. The Morgan fingerprint density at radius 1 is 1.27 bits per heavy atom. The summed E-state index contributed by atoms with van der Waals surface area (Å²) in [6.07, 6.45) is 0.637. The van der Waals surface area contributed by atoms with E-state index in [-0.39, 0.29) is 6.61 Å². The Kier molecular flexibility index (Phi) is 5.10. The summed E-state index contributed by atoms with van der Waals surface area (Å²) >= 11 is 0. The van der Waals surface area contributed by atoms with E-state index in [1.807, 2.05) is 0 Å². The van der Waals surface area contributed by atoms with E-state index in [0.29, 0.717) is 6.42 Å². The second kappa shape index (κ2) is 5.67. The highest BCUT2D eigenvalue weighted by atomic mass is 16.6. The molecule has 5 nitrogen and oxygen atoms in total. The zero-order valence-electron chi connectivity index (χ0n) is 6.20. The molecule has 0 unspecified atom stereocenters. The van der Waals surface area contributed by atoms with Crippen LogP contribution < -0.4 is 0 Å². The van der Waals surface area contributed by atoms with Gasteiger partial charge in [0.05, 0.1) is 6.61 Å². The molecule has 0 aliphatic carbocycles. The van der Waals surface area contributed by atoms with E-state index in [1.165, 1.54) is 0 Å². The van der Waals surface area contributed by atoms with E-state index in [1.54, 1.807) is 6.92 Å². The van der Waals surface area contributed by atoms with Gasteiger partial charge in [0.2, 0.25) is 0 Å². The van der Waals surface area contributed by atoms with E-state index < -0.39 is 18.7 Å². The minimum Gasteiger partial charge on any atom is -0.457 e. The summed E-state index contributed by atoms with van der Waals surface area (Å²) in [5, 5.41) is 8.06. The van der Waals surface area contributed by atoms with Crippen LogP contribution in [0, 0.1) is 0 Å². The third kappa shape index (κ3) is 4.32.